The summed E-state index contributed by atoms with van der Waals surface area (Å²) in [6.07, 6.45) is 2.88. The number of carbonyl (C=O) groups excluding carboxylic acids is 2. The summed E-state index contributed by atoms with van der Waals surface area (Å²) in [6, 6.07) is 9.59. The molecule has 144 valence electrons. The van der Waals surface area contributed by atoms with Gasteiger partial charge in [0.2, 0.25) is 11.8 Å². The minimum atomic E-state index is -0.184. The van der Waals surface area contributed by atoms with Crippen LogP contribution in [0.5, 0.6) is 5.75 Å². The summed E-state index contributed by atoms with van der Waals surface area (Å²) >= 11 is 0. The van der Waals surface area contributed by atoms with Crippen LogP contribution in [-0.4, -0.2) is 46.7 Å². The van der Waals surface area contributed by atoms with Crippen molar-refractivity contribution < 1.29 is 14.3 Å². The quantitative estimate of drug-likeness (QED) is 0.806. The lowest BCUT2D eigenvalue weighted by molar-refractivity contribution is -0.138. The van der Waals surface area contributed by atoms with E-state index in [1.807, 2.05) is 48.1 Å². The Kier molecular flexibility index (Phi) is 6.11. The zero-order valence-corrected chi connectivity index (χ0v) is 15.9. The normalized spacial score (nSPS) is 17.0. The Bertz CT molecular complexity index is 802. The van der Waals surface area contributed by atoms with Gasteiger partial charge in [0.05, 0.1) is 25.3 Å². The standard InChI is InChI=1S/C20H26N4O3/c1-15-9-11-24(22-15)12-10-21-20(26)17-7-8-19(25)23(14-17)13-16-5-3-4-6-18(16)27-2/h3-6,9,11,17H,7-8,10,12-14H2,1-2H3,(H,21,26)/t17-/m1/s1. The molecular formula is C20H26N4O3. The van der Waals surface area contributed by atoms with Gasteiger partial charge in [0.1, 0.15) is 5.75 Å². The third-order valence-corrected chi connectivity index (χ3v) is 4.84. The van der Waals surface area contributed by atoms with Gasteiger partial charge in [0, 0.05) is 37.8 Å². The van der Waals surface area contributed by atoms with E-state index in [-0.39, 0.29) is 17.7 Å². The van der Waals surface area contributed by atoms with Gasteiger partial charge in [-0.25, -0.2) is 0 Å². The van der Waals surface area contributed by atoms with Gasteiger partial charge in [-0.1, -0.05) is 18.2 Å². The topological polar surface area (TPSA) is 76.5 Å². The minimum Gasteiger partial charge on any atom is -0.496 e. The lowest BCUT2D eigenvalue weighted by Gasteiger charge is -2.32. The molecule has 7 heteroatoms. The van der Waals surface area contributed by atoms with Crippen LogP contribution in [0.2, 0.25) is 0 Å². The molecule has 0 unspecified atom stereocenters. The van der Waals surface area contributed by atoms with E-state index < -0.39 is 0 Å². The molecule has 1 aliphatic rings. The summed E-state index contributed by atoms with van der Waals surface area (Å²) in [5, 5.41) is 7.28. The Morgan fingerprint density at radius 1 is 1.33 bits per heavy atom. The van der Waals surface area contributed by atoms with Crippen LogP contribution >= 0.6 is 0 Å². The van der Waals surface area contributed by atoms with Gasteiger partial charge in [-0.15, -0.1) is 0 Å². The van der Waals surface area contributed by atoms with E-state index in [1.165, 1.54) is 0 Å². The minimum absolute atomic E-state index is 0.00333. The molecule has 1 fully saturated rings. The van der Waals surface area contributed by atoms with Crippen LogP contribution < -0.4 is 10.1 Å². The number of nitrogens with zero attached hydrogens (tertiary/aromatic N) is 3. The molecule has 1 N–H and O–H groups in total. The summed E-state index contributed by atoms with van der Waals surface area (Å²) in [6.45, 7) is 3.99. The Balaban J connectivity index is 1.54. The number of para-hydroxylation sites is 1. The van der Waals surface area contributed by atoms with Crippen molar-refractivity contribution in [1.82, 2.24) is 20.0 Å². The lowest BCUT2D eigenvalue weighted by atomic mass is 9.96. The van der Waals surface area contributed by atoms with Gasteiger partial charge in [0.15, 0.2) is 0 Å². The Labute approximate surface area is 159 Å². The fourth-order valence-corrected chi connectivity index (χ4v) is 3.35. The molecule has 27 heavy (non-hydrogen) atoms. The highest BCUT2D eigenvalue weighted by molar-refractivity contribution is 5.83. The number of rotatable bonds is 7. The fourth-order valence-electron chi connectivity index (χ4n) is 3.35. The van der Waals surface area contributed by atoms with E-state index in [2.05, 4.69) is 10.4 Å². The molecule has 1 aliphatic heterocycles. The molecule has 7 nitrogen and oxygen atoms in total. The first kappa shape index (κ1) is 18.9. The zero-order chi connectivity index (χ0) is 19.2. The van der Waals surface area contributed by atoms with E-state index in [0.717, 1.165) is 17.0 Å². The van der Waals surface area contributed by atoms with Crippen molar-refractivity contribution in [2.75, 3.05) is 20.2 Å². The number of likely N-dealkylation sites (tertiary alicyclic amines) is 1. The molecule has 1 aromatic heterocycles. The Morgan fingerprint density at radius 3 is 2.89 bits per heavy atom. The van der Waals surface area contributed by atoms with Crippen molar-refractivity contribution in [3.63, 3.8) is 0 Å². The molecular weight excluding hydrogens is 344 g/mol. The Morgan fingerprint density at radius 2 is 2.15 bits per heavy atom. The van der Waals surface area contributed by atoms with Crippen LogP contribution in [0.3, 0.4) is 0 Å². The molecule has 1 saturated heterocycles. The average Bonchev–Trinajstić information content (AvgIpc) is 3.09. The van der Waals surface area contributed by atoms with Gasteiger partial charge in [-0.2, -0.15) is 5.10 Å². The van der Waals surface area contributed by atoms with Crippen LogP contribution in [0, 0.1) is 12.8 Å². The molecule has 0 aliphatic carbocycles. The molecule has 0 radical (unpaired) electrons. The number of methoxy groups -OCH3 is 1. The number of aromatic nitrogens is 2. The van der Waals surface area contributed by atoms with Gasteiger partial charge >= 0.3 is 0 Å². The van der Waals surface area contributed by atoms with Crippen molar-refractivity contribution in [2.45, 2.75) is 32.9 Å². The van der Waals surface area contributed by atoms with Gasteiger partial charge in [-0.05, 0) is 25.5 Å². The summed E-state index contributed by atoms with van der Waals surface area (Å²) < 4.78 is 7.18. The number of piperidine rings is 1. The second kappa shape index (κ2) is 8.70. The van der Waals surface area contributed by atoms with Crippen molar-refractivity contribution in [3.05, 3.63) is 47.8 Å². The third kappa shape index (κ3) is 4.87. The predicted octanol–water partition coefficient (Wildman–Crippen LogP) is 1.76. The maximum absolute atomic E-state index is 12.5. The third-order valence-electron chi connectivity index (χ3n) is 4.84. The number of ether oxygens (including phenoxy) is 1. The number of amides is 2. The van der Waals surface area contributed by atoms with E-state index >= 15 is 0 Å². The van der Waals surface area contributed by atoms with Crippen LogP contribution in [-0.2, 0) is 22.7 Å². The second-order valence-corrected chi connectivity index (χ2v) is 6.83. The smallest absolute Gasteiger partial charge is 0.224 e. The highest BCUT2D eigenvalue weighted by atomic mass is 16.5. The molecule has 1 aromatic carbocycles. The van der Waals surface area contributed by atoms with Crippen LogP contribution in [0.1, 0.15) is 24.1 Å². The number of aryl methyl sites for hydroxylation is 1. The summed E-state index contributed by atoms with van der Waals surface area (Å²) in [5.74, 6) is 0.650. The van der Waals surface area contributed by atoms with E-state index in [1.54, 1.807) is 12.0 Å². The first-order valence-electron chi connectivity index (χ1n) is 9.24. The number of carbonyl (C=O) groups is 2. The molecule has 0 spiro atoms. The monoisotopic (exact) mass is 370 g/mol. The van der Waals surface area contributed by atoms with Gasteiger partial charge in [-0.3, -0.25) is 14.3 Å². The largest absolute Gasteiger partial charge is 0.496 e. The van der Waals surface area contributed by atoms with Crippen LogP contribution in [0.4, 0.5) is 0 Å². The Hall–Kier alpha value is -2.83. The second-order valence-electron chi connectivity index (χ2n) is 6.83. The van der Waals surface area contributed by atoms with E-state index in [4.69, 9.17) is 4.74 Å². The molecule has 2 aromatic rings. The van der Waals surface area contributed by atoms with Crippen molar-refractivity contribution in [3.8, 4) is 5.75 Å². The summed E-state index contributed by atoms with van der Waals surface area (Å²) in [5.41, 5.74) is 1.91. The number of hydrogen-bond acceptors (Lipinski definition) is 4. The highest BCUT2D eigenvalue weighted by Crippen LogP contribution is 2.24. The highest BCUT2D eigenvalue weighted by Gasteiger charge is 2.30. The van der Waals surface area contributed by atoms with Crippen molar-refractivity contribution in [1.29, 1.82) is 0 Å². The maximum Gasteiger partial charge on any atom is 0.224 e. The van der Waals surface area contributed by atoms with Crippen LogP contribution in [0.15, 0.2) is 36.5 Å². The SMILES string of the molecule is COc1ccccc1CN1C[C@H](C(=O)NCCn2ccc(C)n2)CCC1=O. The zero-order valence-electron chi connectivity index (χ0n) is 15.9. The molecule has 0 bridgehead atoms. The number of nitrogens with one attached hydrogen (secondary N) is 1. The fraction of sp³-hybridized carbons (Fsp3) is 0.450. The molecule has 2 amide bonds. The van der Waals surface area contributed by atoms with E-state index in [0.29, 0.717) is 39.0 Å². The molecule has 2 heterocycles. The first-order valence-corrected chi connectivity index (χ1v) is 9.24. The van der Waals surface area contributed by atoms with Gasteiger partial charge < -0.3 is 15.0 Å². The van der Waals surface area contributed by atoms with Crippen molar-refractivity contribution in [2.24, 2.45) is 5.92 Å². The number of benzene rings is 1. The first-order chi connectivity index (χ1) is 13.1. The molecule has 0 saturated carbocycles. The predicted molar refractivity (Wildman–Crippen MR) is 101 cm³/mol. The van der Waals surface area contributed by atoms with Gasteiger partial charge in [0.25, 0.3) is 0 Å². The van der Waals surface area contributed by atoms with Crippen LogP contribution in [0.25, 0.3) is 0 Å². The number of hydrogen-bond donors (Lipinski definition) is 1. The maximum atomic E-state index is 12.5. The van der Waals surface area contributed by atoms with Crippen molar-refractivity contribution >= 4 is 11.8 Å². The lowest BCUT2D eigenvalue weighted by Crippen LogP contribution is -2.45. The van der Waals surface area contributed by atoms with E-state index in [9.17, 15) is 9.59 Å². The molecule has 1 atom stereocenters. The molecule has 3 rings (SSSR count). The summed E-state index contributed by atoms with van der Waals surface area (Å²) in [4.78, 5) is 26.6. The average molecular weight is 370 g/mol. The summed E-state index contributed by atoms with van der Waals surface area (Å²) in [7, 11) is 1.62.